The van der Waals surface area contributed by atoms with Gasteiger partial charge in [0.25, 0.3) is 5.91 Å². The molecule has 0 aliphatic heterocycles. The number of carbonyl (C=O) groups is 3. The van der Waals surface area contributed by atoms with E-state index in [2.05, 4.69) is 5.32 Å². The molecule has 2 amide bonds. The Labute approximate surface area is 146 Å². The van der Waals surface area contributed by atoms with Gasteiger partial charge in [-0.15, -0.1) is 0 Å². The number of nitrogens with zero attached hydrogens (tertiary/aromatic N) is 1. The quantitative estimate of drug-likeness (QED) is 0.625. The third kappa shape index (κ3) is 6.33. The molecule has 0 bridgehead atoms. The molecule has 1 atom stereocenters. The van der Waals surface area contributed by atoms with Crippen LogP contribution in [0.25, 0.3) is 0 Å². The number of ether oxygens (including phenoxy) is 1. The zero-order chi connectivity index (χ0) is 19.0. The number of carbonyl (C=O) groups excluding carboxylic acids is 1. The number of hydrogen-bond acceptors (Lipinski definition) is 4. The molecule has 1 rings (SSSR count). The van der Waals surface area contributed by atoms with Crippen LogP contribution < -0.4 is 10.1 Å². The Balaban J connectivity index is 2.69. The third-order valence-electron chi connectivity index (χ3n) is 3.57. The summed E-state index contributed by atoms with van der Waals surface area (Å²) in [6.45, 7) is 3.53. The first-order valence-electron chi connectivity index (χ1n) is 7.90. The van der Waals surface area contributed by atoms with Crippen LogP contribution in [0.15, 0.2) is 24.3 Å². The molecule has 3 N–H and O–H groups in total. The summed E-state index contributed by atoms with van der Waals surface area (Å²) in [6, 6.07) is 5.38. The van der Waals surface area contributed by atoms with E-state index in [1.807, 2.05) is 13.8 Å². The van der Waals surface area contributed by atoms with Gasteiger partial charge in [0, 0.05) is 18.7 Å². The number of hydrogen-bond donors (Lipinski definition) is 3. The van der Waals surface area contributed by atoms with Crippen LogP contribution in [0.4, 0.5) is 4.79 Å². The molecule has 0 aromatic heterocycles. The van der Waals surface area contributed by atoms with Crippen LogP contribution in [-0.2, 0) is 4.79 Å². The van der Waals surface area contributed by atoms with E-state index in [1.165, 1.54) is 7.11 Å². The molecule has 0 spiro atoms. The van der Waals surface area contributed by atoms with Crippen molar-refractivity contribution < 1.29 is 29.3 Å². The van der Waals surface area contributed by atoms with Gasteiger partial charge in [-0.05, 0) is 30.5 Å². The molecule has 0 aliphatic carbocycles. The van der Waals surface area contributed by atoms with Crippen molar-refractivity contribution in [3.63, 3.8) is 0 Å². The van der Waals surface area contributed by atoms with E-state index in [4.69, 9.17) is 4.74 Å². The summed E-state index contributed by atoms with van der Waals surface area (Å²) >= 11 is 0. The van der Waals surface area contributed by atoms with E-state index in [-0.39, 0.29) is 31.3 Å². The number of benzene rings is 1. The lowest BCUT2D eigenvalue weighted by molar-refractivity contribution is -0.143. The zero-order valence-corrected chi connectivity index (χ0v) is 14.6. The van der Waals surface area contributed by atoms with E-state index >= 15 is 0 Å². The largest absolute Gasteiger partial charge is 0.497 e. The number of carboxylic acid groups (broad SMARTS) is 2. The molecule has 0 radical (unpaired) electrons. The fraction of sp³-hybridized carbons (Fsp3) is 0.471. The van der Waals surface area contributed by atoms with Gasteiger partial charge in [0.2, 0.25) is 0 Å². The number of carboxylic acids is 1. The number of rotatable bonds is 9. The minimum Gasteiger partial charge on any atom is -0.497 e. The fourth-order valence-corrected chi connectivity index (χ4v) is 2.35. The Morgan fingerprint density at radius 1 is 1.24 bits per heavy atom. The normalized spacial score (nSPS) is 11.7. The Bertz CT molecular complexity index is 617. The maximum Gasteiger partial charge on any atom is 0.408 e. The van der Waals surface area contributed by atoms with E-state index in [0.717, 1.165) is 4.90 Å². The van der Waals surface area contributed by atoms with Crippen LogP contribution in [0.2, 0.25) is 0 Å². The van der Waals surface area contributed by atoms with Gasteiger partial charge in [-0.2, -0.15) is 0 Å². The first-order chi connectivity index (χ1) is 11.8. The molecule has 0 saturated carbocycles. The third-order valence-corrected chi connectivity index (χ3v) is 3.57. The summed E-state index contributed by atoms with van der Waals surface area (Å²) in [4.78, 5) is 35.7. The molecule has 0 saturated heterocycles. The lowest BCUT2D eigenvalue weighted by Gasteiger charge is -2.27. The summed E-state index contributed by atoms with van der Waals surface area (Å²) in [7, 11) is 1.49. The summed E-state index contributed by atoms with van der Waals surface area (Å²) in [5.41, 5.74) is 0.373. The second-order valence-corrected chi connectivity index (χ2v) is 5.95. The molecule has 0 heterocycles. The zero-order valence-electron chi connectivity index (χ0n) is 14.6. The molecule has 1 aromatic rings. The fourth-order valence-electron chi connectivity index (χ4n) is 2.35. The summed E-state index contributed by atoms with van der Waals surface area (Å²) in [5, 5.41) is 21.2. The van der Waals surface area contributed by atoms with Gasteiger partial charge < -0.3 is 20.3 Å². The van der Waals surface area contributed by atoms with Gasteiger partial charge in [-0.1, -0.05) is 19.9 Å². The molecular weight excluding hydrogens is 328 g/mol. The summed E-state index contributed by atoms with van der Waals surface area (Å²) in [5.74, 6) is -1.03. The molecule has 0 aliphatic rings. The van der Waals surface area contributed by atoms with Crippen LogP contribution in [0.5, 0.6) is 5.75 Å². The maximum atomic E-state index is 12.1. The lowest BCUT2D eigenvalue weighted by Crippen LogP contribution is -2.48. The highest BCUT2D eigenvalue weighted by atomic mass is 16.5. The van der Waals surface area contributed by atoms with E-state index in [9.17, 15) is 24.6 Å². The summed E-state index contributed by atoms with van der Waals surface area (Å²) < 4.78 is 5.04. The van der Waals surface area contributed by atoms with Gasteiger partial charge >= 0.3 is 12.1 Å². The topological polar surface area (TPSA) is 116 Å². The molecule has 1 unspecified atom stereocenters. The van der Waals surface area contributed by atoms with E-state index in [1.54, 1.807) is 24.3 Å². The average molecular weight is 352 g/mol. The van der Waals surface area contributed by atoms with Crippen molar-refractivity contribution in [2.75, 3.05) is 20.2 Å². The smallest absolute Gasteiger partial charge is 0.408 e. The number of aliphatic carboxylic acids is 1. The first kappa shape index (κ1) is 20.3. The van der Waals surface area contributed by atoms with Gasteiger partial charge in [-0.25, -0.2) is 9.59 Å². The first-order valence-corrected chi connectivity index (χ1v) is 7.90. The van der Waals surface area contributed by atoms with Crippen molar-refractivity contribution in [2.24, 2.45) is 5.92 Å². The van der Waals surface area contributed by atoms with Crippen molar-refractivity contribution in [1.29, 1.82) is 0 Å². The molecule has 8 heteroatoms. The monoisotopic (exact) mass is 352 g/mol. The Hall–Kier alpha value is -2.77. The molecule has 8 nitrogen and oxygen atoms in total. The van der Waals surface area contributed by atoms with Crippen molar-refractivity contribution in [3.05, 3.63) is 29.8 Å². The van der Waals surface area contributed by atoms with Crippen molar-refractivity contribution in [3.8, 4) is 5.75 Å². The van der Waals surface area contributed by atoms with Gasteiger partial charge in [-0.3, -0.25) is 9.69 Å². The average Bonchev–Trinajstić information content (AvgIpc) is 2.56. The Morgan fingerprint density at radius 2 is 1.92 bits per heavy atom. The van der Waals surface area contributed by atoms with Crippen LogP contribution in [0.3, 0.4) is 0 Å². The van der Waals surface area contributed by atoms with Crippen LogP contribution in [0, 0.1) is 5.92 Å². The van der Waals surface area contributed by atoms with Gasteiger partial charge in [0.15, 0.2) is 0 Å². The number of nitrogens with one attached hydrogen (secondary N) is 1. The van der Waals surface area contributed by atoms with Crippen LogP contribution in [0.1, 0.15) is 30.6 Å². The number of methoxy groups -OCH3 is 1. The standard InChI is InChI=1S/C17H24N2O6/c1-11(2)9-14(16(21)22)19(17(23)24)8-7-18-15(20)12-5-4-6-13(10-12)25-3/h4-6,10-11,14H,7-9H2,1-3H3,(H,18,20)(H,21,22)(H,23,24). The second-order valence-electron chi connectivity index (χ2n) is 5.95. The molecule has 138 valence electrons. The van der Waals surface area contributed by atoms with Crippen LogP contribution in [-0.4, -0.2) is 59.3 Å². The minimum atomic E-state index is -1.33. The van der Waals surface area contributed by atoms with Crippen molar-refractivity contribution in [1.82, 2.24) is 10.2 Å². The Kier molecular flexibility index (Phi) is 7.71. The highest BCUT2D eigenvalue weighted by Gasteiger charge is 2.29. The van der Waals surface area contributed by atoms with E-state index in [0.29, 0.717) is 11.3 Å². The maximum absolute atomic E-state index is 12.1. The van der Waals surface area contributed by atoms with Crippen molar-refractivity contribution in [2.45, 2.75) is 26.3 Å². The highest BCUT2D eigenvalue weighted by molar-refractivity contribution is 5.94. The van der Waals surface area contributed by atoms with Gasteiger partial charge in [0.1, 0.15) is 11.8 Å². The predicted molar refractivity (Wildman–Crippen MR) is 90.9 cm³/mol. The van der Waals surface area contributed by atoms with Crippen molar-refractivity contribution >= 4 is 18.0 Å². The van der Waals surface area contributed by atoms with E-state index < -0.39 is 18.1 Å². The predicted octanol–water partition coefficient (Wildman–Crippen LogP) is 1.90. The van der Waals surface area contributed by atoms with Crippen LogP contribution >= 0.6 is 0 Å². The van der Waals surface area contributed by atoms with Gasteiger partial charge in [0.05, 0.1) is 7.11 Å². The summed E-state index contributed by atoms with van der Waals surface area (Å²) in [6.07, 6.45) is -1.13. The number of amides is 2. The minimum absolute atomic E-state index is 0.00418. The Morgan fingerprint density at radius 3 is 2.44 bits per heavy atom. The highest BCUT2D eigenvalue weighted by Crippen LogP contribution is 2.13. The molecule has 25 heavy (non-hydrogen) atoms. The second kappa shape index (κ2) is 9.51. The lowest BCUT2D eigenvalue weighted by atomic mass is 10.0. The molecular formula is C17H24N2O6. The molecule has 0 fully saturated rings. The SMILES string of the molecule is COc1cccc(C(=O)NCCN(C(=O)O)C(CC(C)C)C(=O)O)c1. The molecule has 1 aromatic carbocycles.